The lowest BCUT2D eigenvalue weighted by Gasteiger charge is -2.11. The summed E-state index contributed by atoms with van der Waals surface area (Å²) >= 11 is 0. The van der Waals surface area contributed by atoms with E-state index in [1.807, 2.05) is 30.3 Å². The maximum atomic E-state index is 10.7. The van der Waals surface area contributed by atoms with Crippen molar-refractivity contribution in [3.05, 3.63) is 35.9 Å². The molecule has 92 valence electrons. The summed E-state index contributed by atoms with van der Waals surface area (Å²) in [5, 5.41) is 0. The van der Waals surface area contributed by atoms with Crippen molar-refractivity contribution in [2.24, 2.45) is 0 Å². The van der Waals surface area contributed by atoms with Crippen LogP contribution in [0.3, 0.4) is 0 Å². The number of benzene rings is 1. The van der Waals surface area contributed by atoms with Gasteiger partial charge in [0, 0.05) is 13.3 Å². The molecule has 0 amide bonds. The third-order valence-electron chi connectivity index (χ3n) is 2.53. The predicted molar refractivity (Wildman–Crippen MR) is 61.4 cm³/mol. The Kier molecular flexibility index (Phi) is 4.12. The van der Waals surface area contributed by atoms with E-state index in [-0.39, 0.29) is 25.0 Å². The largest absolute Gasteiger partial charge is 0.463 e. The zero-order valence-corrected chi connectivity index (χ0v) is 9.80. The lowest BCUT2D eigenvalue weighted by atomic mass is 10.1. The number of hydrogen-bond donors (Lipinski definition) is 0. The molecule has 1 fully saturated rings. The first-order valence-corrected chi connectivity index (χ1v) is 5.68. The van der Waals surface area contributed by atoms with E-state index in [2.05, 4.69) is 0 Å². The van der Waals surface area contributed by atoms with E-state index in [1.54, 1.807) is 0 Å². The Morgan fingerprint density at radius 1 is 1.41 bits per heavy atom. The molecular weight excluding hydrogens is 220 g/mol. The Morgan fingerprint density at radius 2 is 2.18 bits per heavy atom. The molecule has 1 aromatic rings. The van der Waals surface area contributed by atoms with E-state index in [0.717, 1.165) is 6.42 Å². The molecule has 2 atom stereocenters. The van der Waals surface area contributed by atoms with Crippen LogP contribution in [0.5, 0.6) is 0 Å². The van der Waals surface area contributed by atoms with Gasteiger partial charge in [-0.05, 0) is 5.56 Å². The van der Waals surface area contributed by atoms with E-state index in [1.165, 1.54) is 12.5 Å². The number of carbonyl (C=O) groups is 1. The van der Waals surface area contributed by atoms with Crippen molar-refractivity contribution in [3.63, 3.8) is 0 Å². The molecule has 0 aromatic heterocycles. The quantitative estimate of drug-likeness (QED) is 0.744. The molecule has 2 rings (SSSR count). The van der Waals surface area contributed by atoms with Crippen LogP contribution in [0.2, 0.25) is 0 Å². The van der Waals surface area contributed by atoms with Crippen molar-refractivity contribution in [1.29, 1.82) is 0 Å². The minimum absolute atomic E-state index is 0.146. The zero-order valence-electron chi connectivity index (χ0n) is 9.80. The lowest BCUT2D eigenvalue weighted by molar-refractivity contribution is -0.145. The predicted octanol–water partition coefficient (Wildman–Crippen LogP) is 1.53. The number of ether oxygens (including phenoxy) is 3. The molecule has 1 heterocycles. The summed E-state index contributed by atoms with van der Waals surface area (Å²) in [6.07, 6.45) is 0.336. The Balaban J connectivity index is 1.76. The molecule has 17 heavy (non-hydrogen) atoms. The highest BCUT2D eigenvalue weighted by Crippen LogP contribution is 2.16. The van der Waals surface area contributed by atoms with E-state index in [0.29, 0.717) is 6.61 Å². The molecule has 4 heteroatoms. The fourth-order valence-corrected chi connectivity index (χ4v) is 1.72. The average Bonchev–Trinajstić information content (AvgIpc) is 2.75. The molecule has 0 aliphatic carbocycles. The second-order valence-electron chi connectivity index (χ2n) is 4.01. The Bertz CT molecular complexity index is 363. The molecule has 0 radical (unpaired) electrons. The third-order valence-corrected chi connectivity index (χ3v) is 2.53. The highest BCUT2D eigenvalue weighted by atomic mass is 16.7. The van der Waals surface area contributed by atoms with E-state index >= 15 is 0 Å². The molecule has 1 aliphatic heterocycles. The topological polar surface area (TPSA) is 44.8 Å². The first kappa shape index (κ1) is 12.1. The highest BCUT2D eigenvalue weighted by molar-refractivity contribution is 5.65. The van der Waals surface area contributed by atoms with Gasteiger partial charge in [-0.25, -0.2) is 0 Å². The van der Waals surface area contributed by atoms with Crippen LogP contribution in [0.25, 0.3) is 0 Å². The van der Waals surface area contributed by atoms with Crippen molar-refractivity contribution < 1.29 is 19.0 Å². The maximum Gasteiger partial charge on any atom is 0.302 e. The van der Waals surface area contributed by atoms with Crippen molar-refractivity contribution in [2.75, 3.05) is 13.2 Å². The second kappa shape index (κ2) is 5.80. The summed E-state index contributed by atoms with van der Waals surface area (Å²) in [5.41, 5.74) is 1.17. The normalized spacial score (nSPS) is 23.6. The Hall–Kier alpha value is -1.39. The van der Waals surface area contributed by atoms with Gasteiger partial charge in [-0.1, -0.05) is 30.3 Å². The number of rotatable bonds is 4. The second-order valence-corrected chi connectivity index (χ2v) is 4.01. The fraction of sp³-hybridized carbons (Fsp3) is 0.462. The minimum Gasteiger partial charge on any atom is -0.463 e. The van der Waals surface area contributed by atoms with Crippen molar-refractivity contribution >= 4 is 5.97 Å². The molecule has 0 spiro atoms. The number of hydrogen-bond acceptors (Lipinski definition) is 4. The third kappa shape index (κ3) is 3.84. The molecule has 0 N–H and O–H groups in total. The van der Waals surface area contributed by atoms with Gasteiger partial charge in [0.2, 0.25) is 0 Å². The van der Waals surface area contributed by atoms with Crippen LogP contribution >= 0.6 is 0 Å². The van der Waals surface area contributed by atoms with Crippen LogP contribution < -0.4 is 0 Å². The van der Waals surface area contributed by atoms with Crippen molar-refractivity contribution in [3.8, 4) is 0 Å². The van der Waals surface area contributed by atoms with Gasteiger partial charge in [-0.3, -0.25) is 4.79 Å². The van der Waals surface area contributed by atoms with Crippen molar-refractivity contribution in [2.45, 2.75) is 25.7 Å². The molecule has 1 aromatic carbocycles. The van der Waals surface area contributed by atoms with Crippen LogP contribution in [0.1, 0.15) is 12.5 Å². The van der Waals surface area contributed by atoms with Crippen LogP contribution in [-0.2, 0) is 25.4 Å². The Labute approximate surface area is 100 Å². The van der Waals surface area contributed by atoms with E-state index in [9.17, 15) is 4.79 Å². The van der Waals surface area contributed by atoms with Gasteiger partial charge in [-0.2, -0.15) is 0 Å². The van der Waals surface area contributed by atoms with Gasteiger partial charge in [0.25, 0.3) is 0 Å². The van der Waals surface area contributed by atoms with Crippen LogP contribution in [0.4, 0.5) is 0 Å². The van der Waals surface area contributed by atoms with Gasteiger partial charge in [0.15, 0.2) is 6.29 Å². The summed E-state index contributed by atoms with van der Waals surface area (Å²) in [4.78, 5) is 10.7. The first-order chi connectivity index (χ1) is 8.24. The maximum absolute atomic E-state index is 10.7. The summed E-state index contributed by atoms with van der Waals surface area (Å²) < 4.78 is 16.0. The van der Waals surface area contributed by atoms with Crippen LogP contribution in [-0.4, -0.2) is 31.6 Å². The fourth-order valence-electron chi connectivity index (χ4n) is 1.72. The first-order valence-electron chi connectivity index (χ1n) is 5.68. The summed E-state index contributed by atoms with van der Waals surface area (Å²) in [6.45, 7) is 2.13. The van der Waals surface area contributed by atoms with Gasteiger partial charge in [0.05, 0.1) is 6.61 Å². The summed E-state index contributed by atoms with van der Waals surface area (Å²) in [5.74, 6) is -0.292. The molecule has 0 saturated carbocycles. The Morgan fingerprint density at radius 3 is 2.88 bits per heavy atom. The standard InChI is InChI=1S/C13H16O4/c1-10(14)15-8-12-9-16-13(17-12)7-11-5-3-2-4-6-11/h2-6,12-13H,7-9H2,1H3/t12-,13+/m1/s1. The van der Waals surface area contributed by atoms with Crippen LogP contribution in [0, 0.1) is 0 Å². The zero-order chi connectivity index (χ0) is 12.1. The van der Waals surface area contributed by atoms with Gasteiger partial charge in [0.1, 0.15) is 12.7 Å². The average molecular weight is 236 g/mol. The molecule has 1 aliphatic rings. The van der Waals surface area contributed by atoms with E-state index < -0.39 is 0 Å². The number of esters is 1. The molecule has 0 unspecified atom stereocenters. The van der Waals surface area contributed by atoms with Gasteiger partial charge >= 0.3 is 5.97 Å². The van der Waals surface area contributed by atoms with Gasteiger partial charge < -0.3 is 14.2 Å². The van der Waals surface area contributed by atoms with Crippen LogP contribution in [0.15, 0.2) is 30.3 Å². The monoisotopic (exact) mass is 236 g/mol. The molecular formula is C13H16O4. The SMILES string of the molecule is CC(=O)OC[C@@H]1CO[C@H](Cc2ccccc2)O1. The highest BCUT2D eigenvalue weighted by Gasteiger charge is 2.26. The molecule has 4 nitrogen and oxygen atoms in total. The summed E-state index contributed by atoms with van der Waals surface area (Å²) in [7, 11) is 0. The molecule has 1 saturated heterocycles. The summed E-state index contributed by atoms with van der Waals surface area (Å²) in [6, 6.07) is 10.0. The van der Waals surface area contributed by atoms with Gasteiger partial charge in [-0.15, -0.1) is 0 Å². The minimum atomic E-state index is -0.292. The molecule has 0 bridgehead atoms. The van der Waals surface area contributed by atoms with E-state index in [4.69, 9.17) is 14.2 Å². The smallest absolute Gasteiger partial charge is 0.302 e. The van der Waals surface area contributed by atoms with Crippen molar-refractivity contribution in [1.82, 2.24) is 0 Å². The lowest BCUT2D eigenvalue weighted by Crippen LogP contribution is -2.21. The number of carbonyl (C=O) groups excluding carboxylic acids is 1.